The maximum atomic E-state index is 13.9. The first-order chi connectivity index (χ1) is 16.9. The van der Waals surface area contributed by atoms with Crippen LogP contribution in [-0.2, 0) is 6.42 Å². The van der Waals surface area contributed by atoms with Gasteiger partial charge in [0.05, 0.1) is 22.5 Å². The van der Waals surface area contributed by atoms with E-state index in [4.69, 9.17) is 4.74 Å². The van der Waals surface area contributed by atoms with E-state index in [-0.39, 0.29) is 29.6 Å². The standard InChI is InChI=1S/C26H23F2N3O3S/c1-13-30-23(24(35-13)14-5-6-19(27)20(28)10-14)26(33)31-16(9-15-11-21(15)31)12-29-25(32)18-3-2-4-22-17(18)7-8-34-22/h2-6,10,15-16,21H,7-9,11-12H2,1H3,(H,29,32)/t15-,16+,21+/m1/s1. The SMILES string of the molecule is Cc1nc(C(=O)N2[C@H](CNC(=O)c3cccc4c3CCO4)C[C@@H]3C[C@@H]32)c(-c2ccc(F)c(F)c2)s1. The second kappa shape index (κ2) is 8.41. The van der Waals surface area contributed by atoms with Crippen LogP contribution >= 0.6 is 11.3 Å². The zero-order chi connectivity index (χ0) is 24.3. The topological polar surface area (TPSA) is 71.5 Å². The fourth-order valence-corrected chi connectivity index (χ4v) is 6.23. The van der Waals surface area contributed by atoms with Gasteiger partial charge in [-0.1, -0.05) is 12.1 Å². The van der Waals surface area contributed by atoms with Crippen LogP contribution in [0.1, 0.15) is 44.3 Å². The molecule has 3 atom stereocenters. The molecule has 1 aromatic heterocycles. The Balaban J connectivity index is 1.22. The summed E-state index contributed by atoms with van der Waals surface area (Å²) in [5, 5.41) is 3.69. The second-order valence-corrected chi connectivity index (χ2v) is 10.5. The quantitative estimate of drug-likeness (QED) is 0.571. The molecule has 0 radical (unpaired) electrons. The van der Waals surface area contributed by atoms with Crippen LogP contribution in [0.5, 0.6) is 5.75 Å². The third-order valence-electron chi connectivity index (χ3n) is 7.05. The number of thiazole rings is 1. The molecule has 2 fully saturated rings. The summed E-state index contributed by atoms with van der Waals surface area (Å²) in [6, 6.07) is 9.07. The molecule has 6 rings (SSSR count). The molecule has 3 aliphatic rings. The first-order valence-electron chi connectivity index (χ1n) is 11.7. The molecule has 35 heavy (non-hydrogen) atoms. The third-order valence-corrected chi connectivity index (χ3v) is 8.07. The van der Waals surface area contributed by atoms with Gasteiger partial charge in [0.25, 0.3) is 11.8 Å². The van der Waals surface area contributed by atoms with Crippen molar-refractivity contribution in [3.05, 3.63) is 69.9 Å². The van der Waals surface area contributed by atoms with E-state index in [2.05, 4.69) is 10.3 Å². The Morgan fingerprint density at radius 2 is 2.06 bits per heavy atom. The van der Waals surface area contributed by atoms with Crippen LogP contribution in [0.15, 0.2) is 36.4 Å². The fraction of sp³-hybridized carbons (Fsp3) is 0.346. The van der Waals surface area contributed by atoms with Crippen LogP contribution in [0.4, 0.5) is 8.78 Å². The molecule has 0 unspecified atom stereocenters. The van der Waals surface area contributed by atoms with Gasteiger partial charge in [-0.05, 0) is 55.5 Å². The Labute approximate surface area is 204 Å². The number of carbonyl (C=O) groups excluding carboxylic acids is 2. The van der Waals surface area contributed by atoms with Gasteiger partial charge in [-0.15, -0.1) is 11.3 Å². The van der Waals surface area contributed by atoms with Crippen molar-refractivity contribution in [1.82, 2.24) is 15.2 Å². The Morgan fingerprint density at radius 1 is 1.20 bits per heavy atom. The van der Waals surface area contributed by atoms with Crippen molar-refractivity contribution in [3.8, 4) is 16.2 Å². The molecule has 2 amide bonds. The van der Waals surface area contributed by atoms with Crippen LogP contribution in [0.3, 0.4) is 0 Å². The highest BCUT2D eigenvalue weighted by atomic mass is 32.1. The van der Waals surface area contributed by atoms with E-state index in [0.717, 1.165) is 36.3 Å². The monoisotopic (exact) mass is 495 g/mol. The van der Waals surface area contributed by atoms with Gasteiger partial charge in [-0.3, -0.25) is 9.59 Å². The van der Waals surface area contributed by atoms with Crippen LogP contribution in [0, 0.1) is 24.5 Å². The number of fused-ring (bicyclic) bond motifs is 2. The second-order valence-electron chi connectivity index (χ2n) is 9.30. The van der Waals surface area contributed by atoms with Crippen molar-refractivity contribution in [2.45, 2.75) is 38.3 Å². The molecule has 1 N–H and O–H groups in total. The molecule has 180 valence electrons. The molecule has 6 nitrogen and oxygen atoms in total. The number of ether oxygens (including phenoxy) is 1. The van der Waals surface area contributed by atoms with Crippen molar-refractivity contribution in [2.75, 3.05) is 13.2 Å². The average molecular weight is 496 g/mol. The zero-order valence-corrected chi connectivity index (χ0v) is 19.8. The molecular formula is C26H23F2N3O3S. The van der Waals surface area contributed by atoms with E-state index >= 15 is 0 Å². The lowest BCUT2D eigenvalue weighted by atomic mass is 10.0. The van der Waals surface area contributed by atoms with Gasteiger partial charge in [0.2, 0.25) is 0 Å². The van der Waals surface area contributed by atoms with Crippen LogP contribution < -0.4 is 10.1 Å². The largest absolute Gasteiger partial charge is 0.493 e. The molecule has 1 saturated carbocycles. The Kier molecular flexibility index (Phi) is 5.32. The Hall–Kier alpha value is -3.33. The first-order valence-corrected chi connectivity index (χ1v) is 12.5. The number of hydrogen-bond acceptors (Lipinski definition) is 5. The summed E-state index contributed by atoms with van der Waals surface area (Å²) in [6.07, 6.45) is 2.45. The molecule has 3 heterocycles. The van der Waals surface area contributed by atoms with E-state index in [1.165, 1.54) is 17.4 Å². The number of amides is 2. The van der Waals surface area contributed by atoms with Crippen molar-refractivity contribution in [3.63, 3.8) is 0 Å². The lowest BCUT2D eigenvalue weighted by molar-refractivity contribution is 0.0684. The van der Waals surface area contributed by atoms with Gasteiger partial charge in [0.15, 0.2) is 11.6 Å². The van der Waals surface area contributed by atoms with Gasteiger partial charge in [0.1, 0.15) is 11.4 Å². The number of aryl methyl sites for hydroxylation is 1. The molecule has 2 aliphatic heterocycles. The summed E-state index contributed by atoms with van der Waals surface area (Å²) in [7, 11) is 0. The van der Waals surface area contributed by atoms with E-state index in [0.29, 0.717) is 46.5 Å². The maximum absolute atomic E-state index is 13.9. The number of likely N-dealkylation sites (tertiary alicyclic amines) is 1. The number of piperidine rings is 1. The normalized spacial score (nSPS) is 21.9. The smallest absolute Gasteiger partial charge is 0.274 e. The van der Waals surface area contributed by atoms with Gasteiger partial charge in [-0.25, -0.2) is 13.8 Å². The van der Waals surface area contributed by atoms with Crippen LogP contribution in [0.25, 0.3) is 10.4 Å². The number of benzene rings is 2. The number of nitrogens with one attached hydrogen (secondary N) is 1. The Bertz CT molecular complexity index is 1360. The highest BCUT2D eigenvalue weighted by molar-refractivity contribution is 7.15. The third kappa shape index (κ3) is 3.87. The van der Waals surface area contributed by atoms with Gasteiger partial charge in [0, 0.05) is 30.1 Å². The number of halogens is 2. The molecule has 0 bridgehead atoms. The summed E-state index contributed by atoms with van der Waals surface area (Å²) in [6.45, 7) is 2.70. The lowest BCUT2D eigenvalue weighted by Crippen LogP contribution is -2.45. The molecule has 9 heteroatoms. The van der Waals surface area contributed by atoms with E-state index < -0.39 is 11.6 Å². The summed E-state index contributed by atoms with van der Waals surface area (Å²) in [5.74, 6) is -1.13. The van der Waals surface area contributed by atoms with Crippen molar-refractivity contribution in [1.29, 1.82) is 0 Å². The predicted octanol–water partition coefficient (Wildman–Crippen LogP) is 4.36. The minimum atomic E-state index is -0.964. The average Bonchev–Trinajstić information content (AvgIpc) is 3.19. The van der Waals surface area contributed by atoms with E-state index in [1.807, 2.05) is 17.0 Å². The molecule has 2 aromatic carbocycles. The predicted molar refractivity (Wildman–Crippen MR) is 127 cm³/mol. The first kappa shape index (κ1) is 22.2. The van der Waals surface area contributed by atoms with Crippen molar-refractivity contribution in [2.24, 2.45) is 5.92 Å². The summed E-state index contributed by atoms with van der Waals surface area (Å²) in [5.41, 5.74) is 2.20. The fourth-order valence-electron chi connectivity index (χ4n) is 5.33. The van der Waals surface area contributed by atoms with Crippen LogP contribution in [0.2, 0.25) is 0 Å². The number of rotatable bonds is 5. The number of aromatic nitrogens is 1. The highest BCUT2D eigenvalue weighted by Gasteiger charge is 2.54. The van der Waals surface area contributed by atoms with Gasteiger partial charge < -0.3 is 15.0 Å². The molecule has 1 aliphatic carbocycles. The van der Waals surface area contributed by atoms with Gasteiger partial charge in [-0.2, -0.15) is 0 Å². The number of hydrogen-bond donors (Lipinski definition) is 1. The summed E-state index contributed by atoms with van der Waals surface area (Å²) >= 11 is 1.28. The number of carbonyl (C=O) groups is 2. The van der Waals surface area contributed by atoms with E-state index in [1.54, 1.807) is 13.0 Å². The molecular weight excluding hydrogens is 472 g/mol. The summed E-state index contributed by atoms with van der Waals surface area (Å²) < 4.78 is 32.9. The minimum absolute atomic E-state index is 0.124. The van der Waals surface area contributed by atoms with Crippen molar-refractivity contribution >= 4 is 23.2 Å². The van der Waals surface area contributed by atoms with Crippen molar-refractivity contribution < 1.29 is 23.1 Å². The molecule has 0 spiro atoms. The number of nitrogens with zero attached hydrogens (tertiary/aromatic N) is 2. The summed E-state index contributed by atoms with van der Waals surface area (Å²) in [4.78, 5) is 33.5. The zero-order valence-electron chi connectivity index (χ0n) is 19.0. The molecule has 3 aromatic rings. The maximum Gasteiger partial charge on any atom is 0.274 e. The highest BCUT2D eigenvalue weighted by Crippen LogP contribution is 2.49. The minimum Gasteiger partial charge on any atom is -0.493 e. The lowest BCUT2D eigenvalue weighted by Gasteiger charge is -2.27. The van der Waals surface area contributed by atoms with Crippen LogP contribution in [-0.4, -0.2) is 46.9 Å². The molecule has 1 saturated heterocycles. The van der Waals surface area contributed by atoms with E-state index in [9.17, 15) is 18.4 Å². The Morgan fingerprint density at radius 3 is 2.89 bits per heavy atom. The van der Waals surface area contributed by atoms with Gasteiger partial charge >= 0.3 is 0 Å².